The molecule has 152 valence electrons. The highest BCUT2D eigenvalue weighted by Gasteiger charge is 2.21. The highest BCUT2D eigenvalue weighted by Crippen LogP contribution is 2.26. The highest BCUT2D eigenvalue weighted by atomic mass is 35.5. The fourth-order valence-corrected chi connectivity index (χ4v) is 3.53. The van der Waals surface area contributed by atoms with E-state index in [2.05, 4.69) is 4.90 Å². The van der Waals surface area contributed by atoms with Gasteiger partial charge in [-0.15, -0.1) is 0 Å². The molecule has 0 spiro atoms. The number of methoxy groups -OCH3 is 1. The summed E-state index contributed by atoms with van der Waals surface area (Å²) in [5.74, 6) is 1.29. The van der Waals surface area contributed by atoms with Crippen molar-refractivity contribution < 1.29 is 19.3 Å². The lowest BCUT2D eigenvalue weighted by atomic mass is 10.1. The largest absolute Gasteiger partial charge is 0.493 e. The molecule has 1 heterocycles. The third-order valence-electron chi connectivity index (χ3n) is 4.77. The Morgan fingerprint density at radius 3 is 2.61 bits per heavy atom. The first kappa shape index (κ1) is 20.9. The zero-order valence-electron chi connectivity index (χ0n) is 16.2. The van der Waals surface area contributed by atoms with Crippen LogP contribution in [0.15, 0.2) is 48.5 Å². The van der Waals surface area contributed by atoms with E-state index in [9.17, 15) is 5.11 Å². The van der Waals surface area contributed by atoms with Crippen molar-refractivity contribution >= 4 is 11.6 Å². The summed E-state index contributed by atoms with van der Waals surface area (Å²) in [6, 6.07) is 15.3. The average molecular weight is 406 g/mol. The van der Waals surface area contributed by atoms with Gasteiger partial charge in [-0.25, -0.2) is 0 Å². The Morgan fingerprint density at radius 2 is 1.93 bits per heavy atom. The molecule has 2 aromatic carbocycles. The molecule has 1 aliphatic heterocycles. The van der Waals surface area contributed by atoms with Crippen LogP contribution in [0.5, 0.6) is 11.5 Å². The number of benzene rings is 2. The van der Waals surface area contributed by atoms with Gasteiger partial charge >= 0.3 is 0 Å². The van der Waals surface area contributed by atoms with Crippen molar-refractivity contribution in [1.29, 1.82) is 0 Å². The lowest BCUT2D eigenvalue weighted by Gasteiger charge is -2.27. The zero-order valence-corrected chi connectivity index (χ0v) is 17.0. The first-order valence-electron chi connectivity index (χ1n) is 9.66. The summed E-state index contributed by atoms with van der Waals surface area (Å²) in [5, 5.41) is 11.3. The Morgan fingerprint density at radius 1 is 1.18 bits per heavy atom. The number of para-hydroxylation sites is 2. The smallest absolute Gasteiger partial charge is 0.161 e. The molecule has 0 saturated carbocycles. The number of aliphatic hydroxyl groups is 1. The van der Waals surface area contributed by atoms with Gasteiger partial charge in [-0.1, -0.05) is 35.9 Å². The molecule has 3 rings (SSSR count). The van der Waals surface area contributed by atoms with Gasteiger partial charge in [-0.05, 0) is 42.7 Å². The summed E-state index contributed by atoms with van der Waals surface area (Å²) >= 11 is 5.99. The van der Waals surface area contributed by atoms with Gasteiger partial charge in [-0.2, -0.15) is 0 Å². The zero-order chi connectivity index (χ0) is 19.8. The fourth-order valence-electron chi connectivity index (χ4n) is 3.40. The van der Waals surface area contributed by atoms with Crippen LogP contribution in [0.1, 0.15) is 18.4 Å². The lowest BCUT2D eigenvalue weighted by molar-refractivity contribution is 0.0310. The molecule has 0 aromatic heterocycles. The van der Waals surface area contributed by atoms with Crippen molar-refractivity contribution in [2.75, 3.05) is 33.4 Å². The molecule has 1 aliphatic rings. The summed E-state index contributed by atoms with van der Waals surface area (Å²) in [6.45, 7) is 3.02. The second-order valence-electron chi connectivity index (χ2n) is 7.07. The summed E-state index contributed by atoms with van der Waals surface area (Å²) in [4.78, 5) is 2.22. The number of rotatable bonds is 10. The van der Waals surface area contributed by atoms with E-state index in [0.717, 1.165) is 43.1 Å². The first-order chi connectivity index (χ1) is 13.6. The number of aliphatic hydroxyl groups excluding tert-OH is 1. The van der Waals surface area contributed by atoms with E-state index in [-0.39, 0.29) is 12.7 Å². The van der Waals surface area contributed by atoms with Gasteiger partial charge in [0.25, 0.3) is 0 Å². The monoisotopic (exact) mass is 405 g/mol. The van der Waals surface area contributed by atoms with Gasteiger partial charge < -0.3 is 19.3 Å². The van der Waals surface area contributed by atoms with Crippen molar-refractivity contribution in [1.82, 2.24) is 4.90 Å². The molecular weight excluding hydrogens is 378 g/mol. The molecule has 0 aliphatic carbocycles. The van der Waals surface area contributed by atoms with Crippen LogP contribution in [0, 0.1) is 0 Å². The first-order valence-corrected chi connectivity index (χ1v) is 10.0. The van der Waals surface area contributed by atoms with Gasteiger partial charge in [0.2, 0.25) is 0 Å². The van der Waals surface area contributed by atoms with E-state index in [0.29, 0.717) is 18.0 Å². The molecule has 2 unspecified atom stereocenters. The van der Waals surface area contributed by atoms with Crippen LogP contribution in [-0.2, 0) is 11.3 Å². The van der Waals surface area contributed by atoms with Crippen LogP contribution in [0.4, 0.5) is 0 Å². The lowest BCUT2D eigenvalue weighted by Crippen LogP contribution is -2.39. The van der Waals surface area contributed by atoms with Crippen LogP contribution < -0.4 is 9.47 Å². The van der Waals surface area contributed by atoms with E-state index >= 15 is 0 Å². The molecule has 2 aromatic rings. The second-order valence-corrected chi connectivity index (χ2v) is 7.51. The van der Waals surface area contributed by atoms with Gasteiger partial charge in [0, 0.05) is 31.3 Å². The topological polar surface area (TPSA) is 51.2 Å². The molecule has 0 bridgehead atoms. The van der Waals surface area contributed by atoms with Crippen molar-refractivity contribution in [3.63, 3.8) is 0 Å². The van der Waals surface area contributed by atoms with Gasteiger partial charge in [0.1, 0.15) is 12.7 Å². The summed E-state index contributed by atoms with van der Waals surface area (Å²) in [6.07, 6.45) is 1.75. The van der Waals surface area contributed by atoms with Crippen LogP contribution in [0.3, 0.4) is 0 Å². The Kier molecular flexibility index (Phi) is 7.98. The maximum Gasteiger partial charge on any atom is 0.161 e. The minimum Gasteiger partial charge on any atom is -0.493 e. The van der Waals surface area contributed by atoms with Gasteiger partial charge in [-0.3, -0.25) is 4.90 Å². The third-order valence-corrected chi connectivity index (χ3v) is 5.03. The maximum atomic E-state index is 10.6. The standard InChI is InChI=1S/C22H28ClNO4/c1-26-21-6-2-3-7-22(21)28-16-19(25)14-24(15-20-5-4-12-27-20)13-17-8-10-18(23)11-9-17/h2-3,6-11,19-20,25H,4-5,12-16H2,1H3. The molecule has 2 atom stereocenters. The summed E-state index contributed by atoms with van der Waals surface area (Å²) in [7, 11) is 1.61. The minimum absolute atomic E-state index is 0.197. The molecule has 0 amide bonds. The SMILES string of the molecule is COc1ccccc1OCC(O)CN(Cc1ccc(Cl)cc1)CC1CCCO1. The molecular formula is C22H28ClNO4. The fraction of sp³-hybridized carbons (Fsp3) is 0.455. The third kappa shape index (κ3) is 6.38. The second kappa shape index (κ2) is 10.7. The van der Waals surface area contributed by atoms with E-state index < -0.39 is 6.10 Å². The Balaban J connectivity index is 1.58. The molecule has 0 radical (unpaired) electrons. The van der Waals surface area contributed by atoms with Crippen LogP contribution >= 0.6 is 11.6 Å². The van der Waals surface area contributed by atoms with Gasteiger partial charge in [0.15, 0.2) is 11.5 Å². The van der Waals surface area contributed by atoms with E-state index in [4.69, 9.17) is 25.8 Å². The van der Waals surface area contributed by atoms with Crippen LogP contribution in [0.25, 0.3) is 0 Å². The quantitative estimate of drug-likeness (QED) is 0.652. The predicted molar refractivity (Wildman–Crippen MR) is 110 cm³/mol. The number of ether oxygens (including phenoxy) is 3. The van der Waals surface area contributed by atoms with Crippen molar-refractivity contribution in [2.24, 2.45) is 0 Å². The number of halogens is 1. The molecule has 5 nitrogen and oxygen atoms in total. The minimum atomic E-state index is -0.626. The Hall–Kier alpha value is -1.79. The molecule has 1 saturated heterocycles. The van der Waals surface area contributed by atoms with Crippen molar-refractivity contribution in [2.45, 2.75) is 31.6 Å². The summed E-state index contributed by atoms with van der Waals surface area (Å²) < 4.78 is 16.9. The number of hydrogen-bond acceptors (Lipinski definition) is 5. The number of hydrogen-bond donors (Lipinski definition) is 1. The molecule has 1 N–H and O–H groups in total. The van der Waals surface area contributed by atoms with Gasteiger partial charge in [0.05, 0.1) is 13.2 Å². The van der Waals surface area contributed by atoms with Crippen molar-refractivity contribution in [3.05, 3.63) is 59.1 Å². The summed E-state index contributed by atoms with van der Waals surface area (Å²) in [5.41, 5.74) is 1.15. The highest BCUT2D eigenvalue weighted by molar-refractivity contribution is 6.30. The average Bonchev–Trinajstić information content (AvgIpc) is 3.21. The van der Waals surface area contributed by atoms with E-state index in [1.165, 1.54) is 0 Å². The Labute approximate surface area is 171 Å². The Bertz CT molecular complexity index is 719. The van der Waals surface area contributed by atoms with Crippen molar-refractivity contribution in [3.8, 4) is 11.5 Å². The molecule has 28 heavy (non-hydrogen) atoms. The number of nitrogens with zero attached hydrogens (tertiary/aromatic N) is 1. The molecule has 1 fully saturated rings. The van der Waals surface area contributed by atoms with Crippen LogP contribution in [-0.4, -0.2) is 55.6 Å². The van der Waals surface area contributed by atoms with Crippen LogP contribution in [0.2, 0.25) is 5.02 Å². The molecule has 6 heteroatoms. The van der Waals surface area contributed by atoms with E-state index in [1.807, 2.05) is 48.5 Å². The van der Waals surface area contributed by atoms with E-state index in [1.54, 1.807) is 7.11 Å². The normalized spacial score (nSPS) is 17.6. The maximum absolute atomic E-state index is 10.6. The predicted octanol–water partition coefficient (Wildman–Crippen LogP) is 3.77.